The van der Waals surface area contributed by atoms with E-state index in [1.165, 1.54) is 18.5 Å². The van der Waals surface area contributed by atoms with E-state index in [2.05, 4.69) is 22.3 Å². The molecular weight excluding hydrogens is 238 g/mol. The van der Waals surface area contributed by atoms with E-state index in [-0.39, 0.29) is 11.8 Å². The molecule has 2 rings (SSSR count). The van der Waals surface area contributed by atoms with Crippen LogP contribution < -0.4 is 16.0 Å². The van der Waals surface area contributed by atoms with E-state index >= 15 is 0 Å². The van der Waals surface area contributed by atoms with Crippen molar-refractivity contribution in [3.05, 3.63) is 24.3 Å². The Hall–Kier alpha value is -1.55. The van der Waals surface area contributed by atoms with Gasteiger partial charge in [0.15, 0.2) is 0 Å². The first-order chi connectivity index (χ1) is 9.20. The summed E-state index contributed by atoms with van der Waals surface area (Å²) in [4.78, 5) is 14.2. The summed E-state index contributed by atoms with van der Waals surface area (Å²) in [6.07, 6.45) is 3.27. The molecule has 104 valence electrons. The highest BCUT2D eigenvalue weighted by Gasteiger charge is 2.14. The molecule has 0 aromatic heterocycles. The molecule has 1 saturated heterocycles. The van der Waals surface area contributed by atoms with Crippen LogP contribution in [0, 0.1) is 5.92 Å². The van der Waals surface area contributed by atoms with Crippen molar-refractivity contribution in [3.8, 4) is 0 Å². The highest BCUT2D eigenvalue weighted by molar-refractivity contribution is 5.92. The zero-order valence-corrected chi connectivity index (χ0v) is 11.6. The maximum atomic E-state index is 11.9. The van der Waals surface area contributed by atoms with Crippen molar-refractivity contribution in [2.75, 3.05) is 29.9 Å². The van der Waals surface area contributed by atoms with Crippen LogP contribution in [0.3, 0.4) is 0 Å². The molecule has 1 heterocycles. The molecule has 0 spiro atoms. The molecule has 1 fully saturated rings. The van der Waals surface area contributed by atoms with Crippen LogP contribution in [-0.2, 0) is 4.79 Å². The SMILES string of the molecule is CC(CCN)C(=O)Nc1ccc(N2CCCC2)cc1. The summed E-state index contributed by atoms with van der Waals surface area (Å²) in [5.41, 5.74) is 7.56. The number of nitrogens with two attached hydrogens (primary N) is 1. The average Bonchev–Trinajstić information content (AvgIpc) is 2.94. The monoisotopic (exact) mass is 261 g/mol. The fourth-order valence-electron chi connectivity index (χ4n) is 2.38. The van der Waals surface area contributed by atoms with E-state index in [9.17, 15) is 4.79 Å². The van der Waals surface area contributed by atoms with Crippen LogP contribution in [0.25, 0.3) is 0 Å². The predicted molar refractivity (Wildman–Crippen MR) is 79.4 cm³/mol. The topological polar surface area (TPSA) is 58.4 Å². The van der Waals surface area contributed by atoms with Gasteiger partial charge in [0, 0.05) is 30.4 Å². The fraction of sp³-hybridized carbons (Fsp3) is 0.533. The van der Waals surface area contributed by atoms with Crippen molar-refractivity contribution in [3.63, 3.8) is 0 Å². The molecule has 4 heteroatoms. The lowest BCUT2D eigenvalue weighted by molar-refractivity contribution is -0.119. The molecule has 1 aliphatic rings. The summed E-state index contributed by atoms with van der Waals surface area (Å²) in [7, 11) is 0. The van der Waals surface area contributed by atoms with Crippen LogP contribution in [0.2, 0.25) is 0 Å². The molecular formula is C15H23N3O. The molecule has 4 nitrogen and oxygen atoms in total. The van der Waals surface area contributed by atoms with Gasteiger partial charge >= 0.3 is 0 Å². The first kappa shape index (κ1) is 13.9. The van der Waals surface area contributed by atoms with E-state index in [0.717, 1.165) is 25.2 Å². The van der Waals surface area contributed by atoms with E-state index in [1.54, 1.807) is 0 Å². The Morgan fingerprint density at radius 1 is 1.32 bits per heavy atom. The molecule has 1 aromatic rings. The standard InChI is InChI=1S/C15H23N3O/c1-12(8-9-16)15(19)17-13-4-6-14(7-5-13)18-10-2-3-11-18/h4-7,12H,2-3,8-11,16H2,1H3,(H,17,19). The number of nitrogens with zero attached hydrogens (tertiary/aromatic N) is 1. The third-order valence-electron chi connectivity index (χ3n) is 3.65. The maximum absolute atomic E-state index is 11.9. The van der Waals surface area contributed by atoms with Crippen molar-refractivity contribution in [2.24, 2.45) is 11.7 Å². The molecule has 1 amide bonds. The van der Waals surface area contributed by atoms with Crippen molar-refractivity contribution in [1.29, 1.82) is 0 Å². The van der Waals surface area contributed by atoms with Gasteiger partial charge in [0.2, 0.25) is 5.91 Å². The third-order valence-corrected chi connectivity index (χ3v) is 3.65. The van der Waals surface area contributed by atoms with Crippen LogP contribution in [-0.4, -0.2) is 25.5 Å². The van der Waals surface area contributed by atoms with Crippen molar-refractivity contribution in [1.82, 2.24) is 0 Å². The summed E-state index contributed by atoms with van der Waals surface area (Å²) < 4.78 is 0. The second-order valence-electron chi connectivity index (χ2n) is 5.21. The molecule has 1 atom stereocenters. The molecule has 1 aliphatic heterocycles. The van der Waals surface area contributed by atoms with Crippen LogP contribution in [0.5, 0.6) is 0 Å². The van der Waals surface area contributed by atoms with Gasteiger partial charge in [0.1, 0.15) is 0 Å². The Bertz CT molecular complexity index is 410. The van der Waals surface area contributed by atoms with Gasteiger partial charge in [-0.2, -0.15) is 0 Å². The Kier molecular flexibility index (Phi) is 4.80. The molecule has 0 aliphatic carbocycles. The van der Waals surface area contributed by atoms with Crippen molar-refractivity contribution in [2.45, 2.75) is 26.2 Å². The van der Waals surface area contributed by atoms with Gasteiger partial charge in [0.25, 0.3) is 0 Å². The quantitative estimate of drug-likeness (QED) is 0.854. The van der Waals surface area contributed by atoms with Crippen molar-refractivity contribution >= 4 is 17.3 Å². The number of benzene rings is 1. The van der Waals surface area contributed by atoms with E-state index < -0.39 is 0 Å². The normalized spacial score (nSPS) is 16.4. The predicted octanol–water partition coefficient (Wildman–Crippen LogP) is 2.21. The fourth-order valence-corrected chi connectivity index (χ4v) is 2.38. The van der Waals surface area contributed by atoms with Gasteiger partial charge in [-0.15, -0.1) is 0 Å². The lowest BCUT2D eigenvalue weighted by Gasteiger charge is -2.18. The van der Waals surface area contributed by atoms with Gasteiger partial charge < -0.3 is 16.0 Å². The Morgan fingerprint density at radius 2 is 1.95 bits per heavy atom. The first-order valence-electron chi connectivity index (χ1n) is 7.06. The molecule has 19 heavy (non-hydrogen) atoms. The highest BCUT2D eigenvalue weighted by Crippen LogP contribution is 2.22. The Morgan fingerprint density at radius 3 is 2.53 bits per heavy atom. The van der Waals surface area contributed by atoms with Crippen LogP contribution in [0.4, 0.5) is 11.4 Å². The minimum atomic E-state index is -0.0386. The second-order valence-corrected chi connectivity index (χ2v) is 5.21. The number of hydrogen-bond donors (Lipinski definition) is 2. The molecule has 0 saturated carbocycles. The molecule has 3 N–H and O–H groups in total. The van der Waals surface area contributed by atoms with Crippen LogP contribution in [0.15, 0.2) is 24.3 Å². The van der Waals surface area contributed by atoms with Crippen molar-refractivity contribution < 1.29 is 4.79 Å². The lowest BCUT2D eigenvalue weighted by Crippen LogP contribution is -2.22. The summed E-state index contributed by atoms with van der Waals surface area (Å²) >= 11 is 0. The zero-order chi connectivity index (χ0) is 13.7. The molecule has 1 aromatic carbocycles. The van der Waals surface area contributed by atoms with Gasteiger partial charge in [-0.05, 0) is 50.1 Å². The molecule has 0 radical (unpaired) electrons. The van der Waals surface area contributed by atoms with E-state index in [0.29, 0.717) is 6.54 Å². The number of hydrogen-bond acceptors (Lipinski definition) is 3. The number of carbonyl (C=O) groups excluding carboxylic acids is 1. The second kappa shape index (κ2) is 6.57. The van der Waals surface area contributed by atoms with E-state index in [1.807, 2.05) is 19.1 Å². The summed E-state index contributed by atoms with van der Waals surface area (Å²) in [6.45, 7) is 4.72. The largest absolute Gasteiger partial charge is 0.372 e. The number of amides is 1. The number of rotatable bonds is 5. The molecule has 1 unspecified atom stereocenters. The lowest BCUT2D eigenvalue weighted by atomic mass is 10.1. The number of nitrogens with one attached hydrogen (secondary N) is 1. The third kappa shape index (κ3) is 3.70. The highest BCUT2D eigenvalue weighted by atomic mass is 16.1. The number of anilines is 2. The maximum Gasteiger partial charge on any atom is 0.227 e. The Balaban J connectivity index is 1.92. The van der Waals surface area contributed by atoms with Crippen LogP contribution in [0.1, 0.15) is 26.2 Å². The Labute approximate surface area is 115 Å². The van der Waals surface area contributed by atoms with Gasteiger partial charge in [-0.25, -0.2) is 0 Å². The number of carbonyl (C=O) groups is 1. The zero-order valence-electron chi connectivity index (χ0n) is 11.6. The van der Waals surface area contributed by atoms with Gasteiger partial charge in [-0.3, -0.25) is 4.79 Å². The smallest absolute Gasteiger partial charge is 0.227 e. The molecule has 0 bridgehead atoms. The summed E-state index contributed by atoms with van der Waals surface area (Å²) in [6, 6.07) is 8.10. The minimum Gasteiger partial charge on any atom is -0.372 e. The first-order valence-corrected chi connectivity index (χ1v) is 7.06. The van der Waals surface area contributed by atoms with E-state index in [4.69, 9.17) is 5.73 Å². The average molecular weight is 261 g/mol. The summed E-state index contributed by atoms with van der Waals surface area (Å²) in [5.74, 6) is 0.00244. The van der Waals surface area contributed by atoms with Crippen LogP contribution >= 0.6 is 0 Å². The summed E-state index contributed by atoms with van der Waals surface area (Å²) in [5, 5.41) is 2.93. The minimum absolute atomic E-state index is 0.0386. The van der Waals surface area contributed by atoms with Gasteiger partial charge in [-0.1, -0.05) is 6.92 Å². The van der Waals surface area contributed by atoms with Gasteiger partial charge in [0.05, 0.1) is 0 Å².